The summed E-state index contributed by atoms with van der Waals surface area (Å²) < 4.78 is 74.1. The predicted octanol–water partition coefficient (Wildman–Crippen LogP) is 6.11. The van der Waals surface area contributed by atoms with Crippen molar-refractivity contribution in [2.75, 3.05) is 32.5 Å². The van der Waals surface area contributed by atoms with Gasteiger partial charge in [-0.05, 0) is 63.4 Å². The van der Waals surface area contributed by atoms with Gasteiger partial charge in [0.15, 0.2) is 5.78 Å². The first-order valence-electron chi connectivity index (χ1n) is 16.0. The number of pyridine rings is 2. The highest BCUT2D eigenvalue weighted by Gasteiger charge is 2.16. The minimum absolute atomic E-state index is 0.00586. The lowest BCUT2D eigenvalue weighted by atomic mass is 10.0. The molecule has 0 saturated carbocycles. The molecule has 0 saturated heterocycles. The molecule has 0 aliphatic carbocycles. The molecule has 0 spiro atoms. The highest BCUT2D eigenvalue weighted by atomic mass is 35.5. The zero-order chi connectivity index (χ0) is 35.4. The van der Waals surface area contributed by atoms with Crippen LogP contribution in [-0.4, -0.2) is 47.8 Å². The van der Waals surface area contributed by atoms with Gasteiger partial charge >= 0.3 is 0 Å². The van der Waals surface area contributed by atoms with E-state index in [0.717, 1.165) is 11.0 Å². The van der Waals surface area contributed by atoms with Crippen LogP contribution in [-0.2, 0) is 17.8 Å². The van der Waals surface area contributed by atoms with Gasteiger partial charge in [-0.2, -0.15) is 5.26 Å². The lowest BCUT2D eigenvalue weighted by molar-refractivity contribution is -0.114. The molecular weight excluding hydrogens is 526 g/mol. The lowest BCUT2D eigenvalue weighted by Crippen LogP contribution is -2.11. The van der Waals surface area contributed by atoms with Gasteiger partial charge in [0, 0.05) is 54.9 Å². The summed E-state index contributed by atoms with van der Waals surface area (Å²) in [5, 5.41) is 13.6. The third kappa shape index (κ3) is 7.35. The number of carbonyl (C=O) groups excluding carboxylic acids is 1. The van der Waals surface area contributed by atoms with Crippen LogP contribution in [0, 0.1) is 11.3 Å². The van der Waals surface area contributed by atoms with Gasteiger partial charge in [-0.25, -0.2) is 0 Å². The highest BCUT2D eigenvalue weighted by Crippen LogP contribution is 2.36. The standard InChI is InChI=1S/C31H30ClN5O3/c1-4-39-30-17-28-26(15-21(30)14-25(38)9-7-13-37(2)3)31(22(18-33)19-35-28)36-23-10-11-29(27(32)16-23)40-20-24-8-5-6-12-34-24/h5-12,15-17,19H,4,13-14,20H2,1-3H3,(H,35,36)/b9-7+/i1D3,4D2,7D,13D2. The SMILES string of the molecule is [2H]/C(=C\C(=O)Cc1cc2c(Nc3ccc(OCc4ccccn4)c(Cl)c3)c(C#N)cnc2cc1OC([2H])([2H])C([2H])([2H])[2H])C([2H])([2H])N(C)C. The number of hydrogen-bond acceptors (Lipinski definition) is 8. The van der Waals surface area contributed by atoms with E-state index < -0.39 is 38.2 Å². The van der Waals surface area contributed by atoms with Crippen molar-refractivity contribution < 1.29 is 25.2 Å². The number of ether oxygens (including phenoxy) is 2. The summed E-state index contributed by atoms with van der Waals surface area (Å²) in [6.07, 6.45) is 3.18. The maximum atomic E-state index is 13.1. The first kappa shape index (κ1) is 19.6. The molecule has 0 aliphatic heterocycles. The fourth-order valence-corrected chi connectivity index (χ4v) is 3.96. The Balaban J connectivity index is 1.76. The molecule has 9 heteroatoms. The van der Waals surface area contributed by atoms with Crippen LogP contribution in [0.25, 0.3) is 10.9 Å². The Morgan fingerprint density at radius 1 is 1.23 bits per heavy atom. The largest absolute Gasteiger partial charge is 0.494 e. The zero-order valence-corrected chi connectivity index (χ0v) is 22.4. The van der Waals surface area contributed by atoms with Crippen molar-refractivity contribution in [1.82, 2.24) is 14.9 Å². The second kappa shape index (κ2) is 13.6. The number of aromatic nitrogens is 2. The van der Waals surface area contributed by atoms with Crippen molar-refractivity contribution >= 4 is 39.7 Å². The number of nitrogens with one attached hydrogen (secondary N) is 1. The van der Waals surface area contributed by atoms with Gasteiger partial charge < -0.3 is 19.7 Å². The smallest absolute Gasteiger partial charge is 0.159 e. The van der Waals surface area contributed by atoms with Gasteiger partial charge in [-0.15, -0.1) is 0 Å². The molecule has 1 N–H and O–H groups in total. The molecule has 4 rings (SSSR count). The number of halogens is 1. The third-order valence-electron chi connectivity index (χ3n) is 5.52. The number of rotatable bonds is 12. The van der Waals surface area contributed by atoms with E-state index >= 15 is 0 Å². The van der Waals surface area contributed by atoms with Crippen LogP contribution in [0.3, 0.4) is 0 Å². The summed E-state index contributed by atoms with van der Waals surface area (Å²) in [6, 6.07) is 14.4. The minimum atomic E-state index is -3.20. The summed E-state index contributed by atoms with van der Waals surface area (Å²) in [5.74, 6) is -0.663. The molecule has 40 heavy (non-hydrogen) atoms. The molecule has 0 atom stereocenters. The average molecular weight is 564 g/mol. The molecule has 2 aromatic heterocycles. The van der Waals surface area contributed by atoms with E-state index in [0.29, 0.717) is 22.5 Å². The summed E-state index contributed by atoms with van der Waals surface area (Å²) in [5.41, 5.74) is 1.69. The fourth-order valence-electron chi connectivity index (χ4n) is 3.73. The Morgan fingerprint density at radius 3 is 2.83 bits per heavy atom. The van der Waals surface area contributed by atoms with Crippen LogP contribution in [0.5, 0.6) is 11.5 Å². The van der Waals surface area contributed by atoms with Gasteiger partial charge in [0.1, 0.15) is 24.2 Å². The van der Waals surface area contributed by atoms with Crippen molar-refractivity contribution in [2.45, 2.75) is 19.9 Å². The van der Waals surface area contributed by atoms with Crippen LogP contribution < -0.4 is 14.8 Å². The predicted molar refractivity (Wildman–Crippen MR) is 157 cm³/mol. The van der Waals surface area contributed by atoms with E-state index in [1.807, 2.05) is 6.07 Å². The van der Waals surface area contributed by atoms with E-state index in [4.69, 9.17) is 32.0 Å². The van der Waals surface area contributed by atoms with Crippen LogP contribution in [0.2, 0.25) is 5.02 Å². The molecule has 8 nitrogen and oxygen atoms in total. The number of allylic oxidation sites excluding steroid dienone is 1. The maximum absolute atomic E-state index is 13.1. The van der Waals surface area contributed by atoms with Crippen molar-refractivity contribution in [3.05, 3.63) is 94.9 Å². The number of hydrogen-bond donors (Lipinski definition) is 1. The highest BCUT2D eigenvalue weighted by molar-refractivity contribution is 6.32. The van der Waals surface area contributed by atoms with E-state index in [9.17, 15) is 10.1 Å². The number of nitrogens with zero attached hydrogens (tertiary/aromatic N) is 4. The average Bonchev–Trinajstić information content (AvgIpc) is 3.01. The number of ketones is 1. The van der Waals surface area contributed by atoms with Crippen molar-refractivity contribution in [2.24, 2.45) is 0 Å². The summed E-state index contributed by atoms with van der Waals surface area (Å²) >= 11 is 6.50. The van der Waals surface area contributed by atoms with E-state index in [-0.39, 0.29) is 39.7 Å². The summed E-state index contributed by atoms with van der Waals surface area (Å²) in [7, 11) is 2.81. The monoisotopic (exact) mass is 563 g/mol. The summed E-state index contributed by atoms with van der Waals surface area (Å²) in [6.45, 7) is -8.44. The Morgan fingerprint density at radius 2 is 2.10 bits per heavy atom. The molecule has 0 fully saturated rings. The fraction of sp³-hybridized carbons (Fsp3) is 0.226. The van der Waals surface area contributed by atoms with E-state index in [1.165, 1.54) is 32.4 Å². The molecule has 2 aromatic carbocycles. The Hall–Kier alpha value is -4.45. The number of nitriles is 1. The number of carbonyl (C=O) groups is 1. The van der Waals surface area contributed by atoms with Gasteiger partial charge in [0.05, 0.1) is 38.2 Å². The third-order valence-corrected chi connectivity index (χ3v) is 5.82. The minimum Gasteiger partial charge on any atom is -0.494 e. The molecule has 0 radical (unpaired) electrons. The van der Waals surface area contributed by atoms with Gasteiger partial charge in [0.25, 0.3) is 0 Å². The van der Waals surface area contributed by atoms with Gasteiger partial charge in [-0.3, -0.25) is 14.8 Å². The van der Waals surface area contributed by atoms with Crippen LogP contribution in [0.4, 0.5) is 11.4 Å². The second-order valence-electron chi connectivity index (χ2n) is 8.66. The van der Waals surface area contributed by atoms with E-state index in [1.54, 1.807) is 36.5 Å². The van der Waals surface area contributed by atoms with Crippen molar-refractivity contribution in [3.8, 4) is 17.6 Å². The maximum Gasteiger partial charge on any atom is 0.159 e. The number of fused-ring (bicyclic) bond motifs is 1. The molecule has 204 valence electrons. The van der Waals surface area contributed by atoms with Crippen molar-refractivity contribution in [3.63, 3.8) is 0 Å². The molecule has 2 heterocycles. The van der Waals surface area contributed by atoms with Crippen molar-refractivity contribution in [1.29, 1.82) is 5.26 Å². The molecule has 0 bridgehead atoms. The van der Waals surface area contributed by atoms with Crippen LogP contribution in [0.15, 0.2) is 73.1 Å². The number of likely N-dealkylation sites (N-methyl/N-ethyl adjacent to an activating group) is 1. The zero-order valence-electron chi connectivity index (χ0n) is 29.7. The molecular formula is C31H30ClN5O3. The summed E-state index contributed by atoms with van der Waals surface area (Å²) in [4.78, 5) is 22.7. The van der Waals surface area contributed by atoms with Crippen LogP contribution >= 0.6 is 11.6 Å². The Labute approximate surface area is 250 Å². The molecule has 0 aliphatic rings. The molecule has 0 amide bonds. The second-order valence-corrected chi connectivity index (χ2v) is 9.07. The Kier molecular flexibility index (Phi) is 6.64. The molecule has 4 aromatic rings. The number of benzene rings is 2. The van der Waals surface area contributed by atoms with E-state index in [2.05, 4.69) is 21.4 Å². The number of anilines is 2. The first-order chi connectivity index (χ1) is 22.4. The Bertz CT molecular complexity index is 1900. The quantitative estimate of drug-likeness (QED) is 0.206. The topological polar surface area (TPSA) is 100 Å². The van der Waals surface area contributed by atoms with Crippen LogP contribution in [0.1, 0.15) is 34.6 Å². The lowest BCUT2D eigenvalue weighted by Gasteiger charge is -2.16. The first-order valence-corrected chi connectivity index (χ1v) is 12.3. The van der Waals surface area contributed by atoms with Gasteiger partial charge in [-0.1, -0.05) is 23.7 Å². The molecule has 0 unspecified atom stereocenters. The normalized spacial score (nSPS) is 15.3. The van der Waals surface area contributed by atoms with Gasteiger partial charge in [0.2, 0.25) is 0 Å².